The summed E-state index contributed by atoms with van der Waals surface area (Å²) in [5.74, 6) is 0.924. The fraction of sp³-hybridized carbons (Fsp3) is 0.389. The van der Waals surface area contributed by atoms with Gasteiger partial charge in [-0.25, -0.2) is 0 Å². The molecule has 114 valence electrons. The van der Waals surface area contributed by atoms with E-state index in [2.05, 4.69) is 0 Å². The molecule has 4 rings (SSSR count). The first kappa shape index (κ1) is 13.4. The standard InChI is InChI=1S/C18H18O4/c1-9-6-12-11(3)16-13(7-10(2)21-16)15(17(12)22-9)18(4-5-18)8-14(19)20/h6-7H,4-5,8H2,1-3H3,(H,19,20). The van der Waals surface area contributed by atoms with E-state index in [1.54, 1.807) is 0 Å². The molecule has 0 radical (unpaired) electrons. The summed E-state index contributed by atoms with van der Waals surface area (Å²) >= 11 is 0. The second-order valence-electron chi connectivity index (χ2n) is 6.55. The Labute approximate surface area is 127 Å². The fourth-order valence-electron chi connectivity index (χ4n) is 3.68. The Bertz CT molecular complexity index is 864. The van der Waals surface area contributed by atoms with E-state index >= 15 is 0 Å². The zero-order valence-electron chi connectivity index (χ0n) is 12.9. The van der Waals surface area contributed by atoms with Crippen molar-refractivity contribution in [1.29, 1.82) is 0 Å². The molecular formula is C18H18O4. The summed E-state index contributed by atoms with van der Waals surface area (Å²) in [5.41, 5.74) is 3.47. The molecule has 1 aromatic carbocycles. The molecule has 3 aromatic rings. The van der Waals surface area contributed by atoms with Crippen molar-refractivity contribution in [2.75, 3.05) is 0 Å². The van der Waals surface area contributed by atoms with Crippen LogP contribution in [0.1, 0.15) is 41.9 Å². The largest absolute Gasteiger partial charge is 0.481 e. The van der Waals surface area contributed by atoms with Gasteiger partial charge in [-0.2, -0.15) is 0 Å². The minimum atomic E-state index is -0.761. The van der Waals surface area contributed by atoms with E-state index in [0.29, 0.717) is 0 Å². The van der Waals surface area contributed by atoms with Crippen LogP contribution in [0.2, 0.25) is 0 Å². The van der Waals surface area contributed by atoms with Crippen LogP contribution >= 0.6 is 0 Å². The van der Waals surface area contributed by atoms with Gasteiger partial charge in [0.1, 0.15) is 22.7 Å². The molecule has 1 aliphatic rings. The van der Waals surface area contributed by atoms with Gasteiger partial charge < -0.3 is 13.9 Å². The van der Waals surface area contributed by atoms with Crippen molar-refractivity contribution >= 4 is 27.9 Å². The molecular weight excluding hydrogens is 280 g/mol. The Hall–Kier alpha value is -2.23. The van der Waals surface area contributed by atoms with E-state index in [-0.39, 0.29) is 11.8 Å². The molecule has 2 aromatic heterocycles. The van der Waals surface area contributed by atoms with Crippen LogP contribution in [0.15, 0.2) is 21.0 Å². The highest BCUT2D eigenvalue weighted by atomic mass is 16.4. The quantitative estimate of drug-likeness (QED) is 0.767. The molecule has 4 heteroatoms. The minimum Gasteiger partial charge on any atom is -0.481 e. The van der Waals surface area contributed by atoms with Gasteiger partial charge >= 0.3 is 5.97 Å². The number of hydrogen-bond acceptors (Lipinski definition) is 3. The molecule has 0 atom stereocenters. The van der Waals surface area contributed by atoms with Crippen LogP contribution in [0.25, 0.3) is 21.9 Å². The number of furan rings is 2. The maximum atomic E-state index is 11.3. The Balaban J connectivity index is 2.13. The number of fused-ring (bicyclic) bond motifs is 2. The topological polar surface area (TPSA) is 63.6 Å². The second-order valence-corrected chi connectivity index (χ2v) is 6.55. The lowest BCUT2D eigenvalue weighted by Crippen LogP contribution is -2.13. The molecule has 1 N–H and O–H groups in total. The van der Waals surface area contributed by atoms with Crippen molar-refractivity contribution in [3.63, 3.8) is 0 Å². The number of carboxylic acids is 1. The van der Waals surface area contributed by atoms with Crippen molar-refractivity contribution in [3.8, 4) is 0 Å². The second kappa shape index (κ2) is 4.15. The molecule has 0 amide bonds. The third-order valence-corrected chi connectivity index (χ3v) is 4.83. The summed E-state index contributed by atoms with van der Waals surface area (Å²) in [6.45, 7) is 5.88. The van der Waals surface area contributed by atoms with Crippen LogP contribution in [0.4, 0.5) is 0 Å². The highest BCUT2D eigenvalue weighted by molar-refractivity contribution is 6.03. The van der Waals surface area contributed by atoms with Crippen molar-refractivity contribution in [2.24, 2.45) is 0 Å². The van der Waals surface area contributed by atoms with Gasteiger partial charge in [-0.15, -0.1) is 0 Å². The monoisotopic (exact) mass is 298 g/mol. The van der Waals surface area contributed by atoms with Crippen LogP contribution in [-0.4, -0.2) is 11.1 Å². The summed E-state index contributed by atoms with van der Waals surface area (Å²) in [6.07, 6.45) is 1.91. The number of rotatable bonds is 3. The third kappa shape index (κ3) is 1.73. The lowest BCUT2D eigenvalue weighted by Gasteiger charge is -2.15. The molecule has 1 aliphatic carbocycles. The average Bonchev–Trinajstić information content (AvgIpc) is 2.90. The van der Waals surface area contributed by atoms with Crippen LogP contribution < -0.4 is 0 Å². The average molecular weight is 298 g/mol. The first-order valence-electron chi connectivity index (χ1n) is 7.56. The van der Waals surface area contributed by atoms with Gasteiger partial charge in [-0.3, -0.25) is 4.79 Å². The molecule has 0 bridgehead atoms. The third-order valence-electron chi connectivity index (χ3n) is 4.83. The molecule has 4 nitrogen and oxygen atoms in total. The lowest BCUT2D eigenvalue weighted by atomic mass is 9.87. The predicted molar refractivity (Wildman–Crippen MR) is 83.4 cm³/mol. The first-order valence-corrected chi connectivity index (χ1v) is 7.56. The Morgan fingerprint density at radius 2 is 1.68 bits per heavy atom. The molecule has 0 aliphatic heterocycles. The normalized spacial score (nSPS) is 16.5. The molecule has 1 fully saturated rings. The van der Waals surface area contributed by atoms with Gasteiger partial charge in [0.25, 0.3) is 0 Å². The highest BCUT2D eigenvalue weighted by Crippen LogP contribution is 2.56. The highest BCUT2D eigenvalue weighted by Gasteiger charge is 2.49. The van der Waals surface area contributed by atoms with Crippen LogP contribution in [-0.2, 0) is 10.2 Å². The molecule has 0 unspecified atom stereocenters. The van der Waals surface area contributed by atoms with Gasteiger partial charge in [0.15, 0.2) is 0 Å². The number of carboxylic acid groups (broad SMARTS) is 1. The van der Waals surface area contributed by atoms with Crippen molar-refractivity contribution in [1.82, 2.24) is 0 Å². The van der Waals surface area contributed by atoms with E-state index < -0.39 is 5.97 Å². The number of aliphatic carboxylic acids is 1. The fourth-order valence-corrected chi connectivity index (χ4v) is 3.68. The summed E-state index contributed by atoms with van der Waals surface area (Å²) in [4.78, 5) is 11.3. The zero-order valence-corrected chi connectivity index (χ0v) is 12.9. The van der Waals surface area contributed by atoms with Crippen molar-refractivity contribution in [2.45, 2.75) is 45.4 Å². The van der Waals surface area contributed by atoms with E-state index in [4.69, 9.17) is 8.83 Å². The SMILES string of the molecule is Cc1cc2c(C3(CC(=O)O)CC3)c3oc(C)cc3c(C)c2o1. The van der Waals surface area contributed by atoms with Gasteiger partial charge in [0.2, 0.25) is 0 Å². The minimum absolute atomic E-state index is 0.143. The smallest absolute Gasteiger partial charge is 0.304 e. The predicted octanol–water partition coefficient (Wildman–Crippen LogP) is 4.61. The van der Waals surface area contributed by atoms with E-state index in [1.165, 1.54) is 0 Å². The van der Waals surface area contributed by atoms with E-state index in [1.807, 2.05) is 32.9 Å². The Morgan fingerprint density at radius 1 is 1.09 bits per heavy atom. The molecule has 1 saturated carbocycles. The summed E-state index contributed by atoms with van der Waals surface area (Å²) in [6, 6.07) is 4.03. The van der Waals surface area contributed by atoms with Gasteiger partial charge in [0, 0.05) is 27.3 Å². The Morgan fingerprint density at radius 3 is 2.27 bits per heavy atom. The van der Waals surface area contributed by atoms with Gasteiger partial charge in [-0.1, -0.05) is 0 Å². The zero-order chi connectivity index (χ0) is 15.6. The van der Waals surface area contributed by atoms with Crippen LogP contribution in [0.3, 0.4) is 0 Å². The van der Waals surface area contributed by atoms with Gasteiger partial charge in [-0.05, 0) is 45.7 Å². The van der Waals surface area contributed by atoms with E-state index in [9.17, 15) is 9.90 Å². The maximum absolute atomic E-state index is 11.3. The van der Waals surface area contributed by atoms with Gasteiger partial charge in [0.05, 0.1) is 6.42 Å². The first-order chi connectivity index (χ1) is 10.4. The molecule has 2 heterocycles. The van der Waals surface area contributed by atoms with Crippen LogP contribution in [0.5, 0.6) is 0 Å². The molecule has 0 spiro atoms. The van der Waals surface area contributed by atoms with E-state index in [0.717, 1.165) is 57.4 Å². The van der Waals surface area contributed by atoms with Crippen molar-refractivity contribution < 1.29 is 18.7 Å². The number of aryl methyl sites for hydroxylation is 3. The maximum Gasteiger partial charge on any atom is 0.304 e. The van der Waals surface area contributed by atoms with Crippen LogP contribution in [0, 0.1) is 20.8 Å². The molecule has 0 saturated heterocycles. The summed E-state index contributed by atoms with van der Waals surface area (Å²) < 4.78 is 11.9. The number of hydrogen-bond donors (Lipinski definition) is 1. The Kier molecular flexibility index (Phi) is 2.54. The lowest BCUT2D eigenvalue weighted by molar-refractivity contribution is -0.137. The molecule has 22 heavy (non-hydrogen) atoms. The number of carbonyl (C=O) groups is 1. The number of benzene rings is 1. The summed E-state index contributed by atoms with van der Waals surface area (Å²) in [5, 5.41) is 11.3. The van der Waals surface area contributed by atoms with Crippen molar-refractivity contribution in [3.05, 3.63) is 34.8 Å². The summed E-state index contributed by atoms with van der Waals surface area (Å²) in [7, 11) is 0.